The van der Waals surface area contributed by atoms with E-state index in [0.29, 0.717) is 6.10 Å². The van der Waals surface area contributed by atoms with Gasteiger partial charge in [0.1, 0.15) is 3.96 Å². The van der Waals surface area contributed by atoms with Crippen LogP contribution in [-0.2, 0) is 4.43 Å². The summed E-state index contributed by atoms with van der Waals surface area (Å²) >= 11 is 12.6. The predicted molar refractivity (Wildman–Crippen MR) is 60.9 cm³/mol. The van der Waals surface area contributed by atoms with Crippen molar-refractivity contribution in [2.45, 2.75) is 55.8 Å². The van der Waals surface area contributed by atoms with Crippen LogP contribution in [0.2, 0.25) is 12.6 Å². The molecule has 0 spiro atoms. The number of hydrogen-bond donors (Lipinski definition) is 0. The Labute approximate surface area is 91.9 Å². The zero-order valence-corrected chi connectivity index (χ0v) is 11.1. The second-order valence-corrected chi connectivity index (χ2v) is 10.3. The van der Waals surface area contributed by atoms with E-state index < -0.39 is 12.3 Å². The average molecular weight is 241 g/mol. The van der Waals surface area contributed by atoms with Crippen molar-refractivity contribution in [3.8, 4) is 0 Å². The zero-order valence-electron chi connectivity index (χ0n) is 8.57. The van der Waals surface area contributed by atoms with E-state index in [1.807, 2.05) is 6.92 Å². The first-order valence-corrected chi connectivity index (χ1v) is 8.34. The largest absolute Gasteiger partial charge is 0.411 e. The molecule has 1 heterocycles. The van der Waals surface area contributed by atoms with Gasteiger partial charge in [0.25, 0.3) is 0 Å². The maximum atomic E-state index is 6.31. The van der Waals surface area contributed by atoms with Crippen LogP contribution in [0.15, 0.2) is 0 Å². The van der Waals surface area contributed by atoms with Gasteiger partial charge in [0, 0.05) is 6.10 Å². The molecule has 13 heavy (non-hydrogen) atoms. The minimum Gasteiger partial charge on any atom is -0.411 e. The molecule has 0 aromatic carbocycles. The molecule has 78 valence electrons. The standard InChI is InChI=1S/C9H18Cl2OSi/c1-4-9(10,11)13(3)7-5-6-8(2)12-13/h8H,4-7H2,1-3H3. The molecule has 0 aliphatic carbocycles. The summed E-state index contributed by atoms with van der Waals surface area (Å²) in [6.45, 7) is 6.30. The third kappa shape index (κ3) is 2.41. The lowest BCUT2D eigenvalue weighted by Crippen LogP contribution is -2.55. The first kappa shape index (κ1) is 11.8. The fraction of sp³-hybridized carbons (Fsp3) is 1.00. The highest BCUT2D eigenvalue weighted by molar-refractivity contribution is 6.91. The highest BCUT2D eigenvalue weighted by Crippen LogP contribution is 2.42. The summed E-state index contributed by atoms with van der Waals surface area (Å²) in [7, 11) is -1.90. The molecule has 0 saturated carbocycles. The van der Waals surface area contributed by atoms with Crippen molar-refractivity contribution in [1.82, 2.24) is 0 Å². The maximum absolute atomic E-state index is 6.31. The van der Waals surface area contributed by atoms with E-state index in [1.165, 1.54) is 6.42 Å². The van der Waals surface area contributed by atoms with Crippen LogP contribution in [0.5, 0.6) is 0 Å². The Bertz CT molecular complexity index is 186. The van der Waals surface area contributed by atoms with Crippen LogP contribution in [0.3, 0.4) is 0 Å². The van der Waals surface area contributed by atoms with Gasteiger partial charge in [0.2, 0.25) is 8.32 Å². The van der Waals surface area contributed by atoms with Crippen LogP contribution in [0.4, 0.5) is 0 Å². The third-order valence-corrected chi connectivity index (χ3v) is 10.0. The Balaban J connectivity index is 2.74. The molecule has 4 heteroatoms. The van der Waals surface area contributed by atoms with Crippen molar-refractivity contribution < 1.29 is 4.43 Å². The van der Waals surface area contributed by atoms with Crippen LogP contribution < -0.4 is 0 Å². The summed E-state index contributed by atoms with van der Waals surface area (Å²) < 4.78 is 5.40. The van der Waals surface area contributed by atoms with Gasteiger partial charge in [-0.1, -0.05) is 13.3 Å². The maximum Gasteiger partial charge on any atom is 0.226 e. The Hall–Kier alpha value is 0.757. The lowest BCUT2D eigenvalue weighted by atomic mass is 10.2. The third-order valence-electron chi connectivity index (χ3n) is 2.94. The number of rotatable bonds is 2. The Morgan fingerprint density at radius 1 is 1.54 bits per heavy atom. The van der Waals surface area contributed by atoms with Gasteiger partial charge in [-0.3, -0.25) is 0 Å². The summed E-state index contributed by atoms with van der Waals surface area (Å²) in [6.07, 6.45) is 3.49. The van der Waals surface area contributed by atoms with E-state index >= 15 is 0 Å². The van der Waals surface area contributed by atoms with Crippen LogP contribution in [0.25, 0.3) is 0 Å². The van der Waals surface area contributed by atoms with E-state index in [0.717, 1.165) is 18.9 Å². The summed E-state index contributed by atoms with van der Waals surface area (Å²) in [4.78, 5) is 0. The normalized spacial score (nSPS) is 36.2. The summed E-state index contributed by atoms with van der Waals surface area (Å²) in [5.41, 5.74) is 0. The van der Waals surface area contributed by atoms with Crippen molar-refractivity contribution in [3.63, 3.8) is 0 Å². The van der Waals surface area contributed by atoms with Crippen molar-refractivity contribution in [2.75, 3.05) is 0 Å². The van der Waals surface area contributed by atoms with E-state index in [1.54, 1.807) is 0 Å². The van der Waals surface area contributed by atoms with Crippen LogP contribution in [-0.4, -0.2) is 18.4 Å². The van der Waals surface area contributed by atoms with Gasteiger partial charge in [-0.2, -0.15) is 0 Å². The molecule has 2 atom stereocenters. The second kappa shape index (κ2) is 4.09. The molecule has 1 fully saturated rings. The lowest BCUT2D eigenvalue weighted by Gasteiger charge is -2.42. The predicted octanol–water partition coefficient (Wildman–Crippen LogP) is 3.88. The molecular formula is C9H18Cl2OSi. The topological polar surface area (TPSA) is 9.23 Å². The zero-order chi connectivity index (χ0) is 10.1. The monoisotopic (exact) mass is 240 g/mol. The van der Waals surface area contributed by atoms with Gasteiger partial charge in [-0.25, -0.2) is 0 Å². The molecule has 0 aromatic rings. The van der Waals surface area contributed by atoms with Gasteiger partial charge < -0.3 is 4.43 Å². The highest BCUT2D eigenvalue weighted by atomic mass is 35.5. The first-order chi connectivity index (χ1) is 5.91. The van der Waals surface area contributed by atoms with E-state index in [2.05, 4.69) is 13.5 Å². The van der Waals surface area contributed by atoms with Crippen molar-refractivity contribution in [2.24, 2.45) is 0 Å². The van der Waals surface area contributed by atoms with Gasteiger partial charge >= 0.3 is 0 Å². The Kier molecular flexibility index (Phi) is 3.72. The molecule has 0 radical (unpaired) electrons. The number of alkyl halides is 2. The van der Waals surface area contributed by atoms with E-state index in [9.17, 15) is 0 Å². The molecule has 0 N–H and O–H groups in total. The average Bonchev–Trinajstić information content (AvgIpc) is 2.03. The number of halogens is 2. The summed E-state index contributed by atoms with van der Waals surface area (Å²) in [5, 5.41) is 0. The molecule has 0 aromatic heterocycles. The van der Waals surface area contributed by atoms with Gasteiger partial charge in [0.05, 0.1) is 0 Å². The first-order valence-electron chi connectivity index (χ1n) is 4.97. The summed E-state index contributed by atoms with van der Waals surface area (Å²) in [5.74, 6) is 0. The van der Waals surface area contributed by atoms with Crippen molar-refractivity contribution in [3.05, 3.63) is 0 Å². The highest BCUT2D eigenvalue weighted by Gasteiger charge is 2.50. The van der Waals surface area contributed by atoms with Crippen LogP contribution in [0.1, 0.15) is 33.1 Å². The minimum absolute atomic E-state index is 0.342. The van der Waals surface area contributed by atoms with Crippen molar-refractivity contribution >= 4 is 31.5 Å². The quantitative estimate of drug-likeness (QED) is 0.526. The molecule has 1 rings (SSSR count). The molecule has 1 aliphatic heterocycles. The van der Waals surface area contributed by atoms with Crippen LogP contribution in [0, 0.1) is 0 Å². The SMILES string of the molecule is CCC(Cl)(Cl)[Si]1(C)CCCC(C)O1. The van der Waals surface area contributed by atoms with Crippen LogP contribution >= 0.6 is 23.2 Å². The molecule has 1 saturated heterocycles. The summed E-state index contributed by atoms with van der Waals surface area (Å²) in [6, 6.07) is 1.10. The Morgan fingerprint density at radius 3 is 2.62 bits per heavy atom. The Morgan fingerprint density at radius 2 is 2.15 bits per heavy atom. The molecule has 1 nitrogen and oxygen atoms in total. The molecular weight excluding hydrogens is 223 g/mol. The van der Waals surface area contributed by atoms with Gasteiger partial charge in [-0.15, -0.1) is 23.2 Å². The second-order valence-electron chi connectivity index (χ2n) is 4.11. The van der Waals surface area contributed by atoms with E-state index in [-0.39, 0.29) is 0 Å². The smallest absolute Gasteiger partial charge is 0.226 e. The van der Waals surface area contributed by atoms with Crippen molar-refractivity contribution in [1.29, 1.82) is 0 Å². The fourth-order valence-corrected chi connectivity index (χ4v) is 6.05. The molecule has 2 unspecified atom stereocenters. The van der Waals surface area contributed by atoms with E-state index in [4.69, 9.17) is 27.6 Å². The van der Waals surface area contributed by atoms with Gasteiger partial charge in [0.15, 0.2) is 0 Å². The molecule has 0 bridgehead atoms. The molecule has 1 aliphatic rings. The fourth-order valence-electron chi connectivity index (χ4n) is 1.93. The lowest BCUT2D eigenvalue weighted by molar-refractivity contribution is 0.172. The number of hydrogen-bond acceptors (Lipinski definition) is 1. The minimum atomic E-state index is -1.90. The van der Waals surface area contributed by atoms with Gasteiger partial charge in [-0.05, 0) is 32.4 Å². The molecule has 0 amide bonds.